The lowest BCUT2D eigenvalue weighted by atomic mass is 10.1. The maximum absolute atomic E-state index is 12.1. The zero-order valence-electron chi connectivity index (χ0n) is 14.1. The molecular formula is C18H27N3O2. The van der Waals surface area contributed by atoms with Gasteiger partial charge in [-0.25, -0.2) is 4.79 Å². The van der Waals surface area contributed by atoms with Crippen LogP contribution < -0.4 is 10.1 Å². The molecule has 23 heavy (non-hydrogen) atoms. The minimum Gasteiger partial charge on any atom is -0.491 e. The number of nitrogens with zero attached hydrogens (tertiary/aromatic N) is 2. The van der Waals surface area contributed by atoms with Crippen LogP contribution in [0.5, 0.6) is 5.75 Å². The van der Waals surface area contributed by atoms with Gasteiger partial charge < -0.3 is 15.0 Å². The molecule has 0 spiro atoms. The van der Waals surface area contributed by atoms with E-state index in [0.29, 0.717) is 6.04 Å². The monoisotopic (exact) mass is 317 g/mol. The smallest absolute Gasteiger partial charge is 0.317 e. The summed E-state index contributed by atoms with van der Waals surface area (Å²) in [6.07, 6.45) is 2.45. The summed E-state index contributed by atoms with van der Waals surface area (Å²) in [5, 5.41) is 3.07. The van der Waals surface area contributed by atoms with Crippen molar-refractivity contribution in [3.05, 3.63) is 29.8 Å². The van der Waals surface area contributed by atoms with Crippen LogP contribution in [0.1, 0.15) is 32.3 Å². The number of hydrogen-bond donors (Lipinski definition) is 1. The summed E-state index contributed by atoms with van der Waals surface area (Å²) in [6.45, 7) is 8.39. The van der Waals surface area contributed by atoms with E-state index >= 15 is 0 Å². The highest BCUT2D eigenvalue weighted by atomic mass is 16.5. The molecule has 0 radical (unpaired) electrons. The van der Waals surface area contributed by atoms with Gasteiger partial charge in [0.2, 0.25) is 0 Å². The minimum atomic E-state index is 0.107. The fourth-order valence-corrected chi connectivity index (χ4v) is 2.85. The summed E-state index contributed by atoms with van der Waals surface area (Å²) < 4.78 is 5.90. The van der Waals surface area contributed by atoms with Gasteiger partial charge in [-0.1, -0.05) is 18.2 Å². The van der Waals surface area contributed by atoms with Crippen LogP contribution in [0.3, 0.4) is 0 Å². The topological polar surface area (TPSA) is 44.8 Å². The molecule has 2 aliphatic rings. The Kier molecular flexibility index (Phi) is 5.06. The van der Waals surface area contributed by atoms with Crippen molar-refractivity contribution in [2.24, 2.45) is 0 Å². The Balaban J connectivity index is 1.51. The van der Waals surface area contributed by atoms with Crippen LogP contribution in [-0.2, 0) is 6.54 Å². The molecule has 5 heteroatoms. The first-order valence-electron chi connectivity index (χ1n) is 8.64. The van der Waals surface area contributed by atoms with Crippen molar-refractivity contribution in [3.63, 3.8) is 0 Å². The zero-order valence-corrected chi connectivity index (χ0v) is 14.1. The molecule has 1 aliphatic carbocycles. The SMILES string of the molecule is CC(C)Oc1ccccc1CN1CCN(C(=O)NC2CC2)CC1. The predicted octanol–water partition coefficient (Wildman–Crippen LogP) is 2.46. The summed E-state index contributed by atoms with van der Waals surface area (Å²) >= 11 is 0. The van der Waals surface area contributed by atoms with Crippen LogP contribution in [0.2, 0.25) is 0 Å². The standard InChI is InChI=1S/C18H27N3O2/c1-14(2)23-17-6-4-3-5-15(17)13-20-9-11-21(12-10-20)18(22)19-16-7-8-16/h3-6,14,16H,7-13H2,1-2H3,(H,19,22). The number of hydrogen-bond acceptors (Lipinski definition) is 3. The lowest BCUT2D eigenvalue weighted by Crippen LogP contribution is -2.51. The van der Waals surface area contributed by atoms with Crippen LogP contribution in [0.15, 0.2) is 24.3 Å². The molecular weight excluding hydrogens is 290 g/mol. The van der Waals surface area contributed by atoms with Crippen LogP contribution in [0.4, 0.5) is 4.79 Å². The number of rotatable bonds is 5. The van der Waals surface area contributed by atoms with Gasteiger partial charge in [-0.15, -0.1) is 0 Å². The molecule has 0 bridgehead atoms. The highest BCUT2D eigenvalue weighted by Crippen LogP contribution is 2.22. The van der Waals surface area contributed by atoms with Gasteiger partial charge in [-0.3, -0.25) is 4.90 Å². The van der Waals surface area contributed by atoms with Gasteiger partial charge in [0.1, 0.15) is 5.75 Å². The molecule has 5 nitrogen and oxygen atoms in total. The predicted molar refractivity (Wildman–Crippen MR) is 90.6 cm³/mol. The molecule has 2 amide bonds. The van der Waals surface area contributed by atoms with Crippen molar-refractivity contribution in [1.82, 2.24) is 15.1 Å². The summed E-state index contributed by atoms with van der Waals surface area (Å²) in [5.41, 5.74) is 1.22. The molecule has 1 heterocycles. The van der Waals surface area contributed by atoms with Crippen LogP contribution in [0.25, 0.3) is 0 Å². The quantitative estimate of drug-likeness (QED) is 0.907. The van der Waals surface area contributed by atoms with Crippen molar-refractivity contribution in [1.29, 1.82) is 0 Å². The molecule has 1 aromatic rings. The summed E-state index contributed by atoms with van der Waals surface area (Å²) in [6, 6.07) is 8.78. The Morgan fingerprint density at radius 3 is 2.57 bits per heavy atom. The maximum Gasteiger partial charge on any atom is 0.317 e. The summed E-state index contributed by atoms with van der Waals surface area (Å²) in [5.74, 6) is 0.969. The van der Waals surface area contributed by atoms with E-state index in [-0.39, 0.29) is 12.1 Å². The van der Waals surface area contributed by atoms with Gasteiger partial charge in [-0.2, -0.15) is 0 Å². The second-order valence-electron chi connectivity index (χ2n) is 6.76. The van der Waals surface area contributed by atoms with Crippen LogP contribution in [0, 0.1) is 0 Å². The second kappa shape index (κ2) is 7.21. The van der Waals surface area contributed by atoms with E-state index in [4.69, 9.17) is 4.74 Å². The van der Waals surface area contributed by atoms with E-state index in [2.05, 4.69) is 22.3 Å². The number of benzene rings is 1. The lowest BCUT2D eigenvalue weighted by molar-refractivity contribution is 0.133. The van der Waals surface area contributed by atoms with E-state index in [1.165, 1.54) is 5.56 Å². The van der Waals surface area contributed by atoms with Gasteiger partial charge in [0, 0.05) is 44.3 Å². The van der Waals surface area contributed by atoms with E-state index < -0.39 is 0 Å². The Morgan fingerprint density at radius 2 is 1.91 bits per heavy atom. The number of urea groups is 1. The Bertz CT molecular complexity index is 535. The van der Waals surface area contributed by atoms with E-state index in [1.807, 2.05) is 30.9 Å². The van der Waals surface area contributed by atoms with Crippen LogP contribution >= 0.6 is 0 Å². The van der Waals surface area contributed by atoms with Gasteiger partial charge in [0.15, 0.2) is 0 Å². The zero-order chi connectivity index (χ0) is 16.2. The molecule has 1 aromatic carbocycles. The molecule has 0 unspecified atom stereocenters. The normalized spacial score (nSPS) is 19.0. The van der Waals surface area contributed by atoms with Crippen molar-refractivity contribution in [2.75, 3.05) is 26.2 Å². The maximum atomic E-state index is 12.1. The molecule has 126 valence electrons. The first kappa shape index (κ1) is 16.1. The highest BCUT2D eigenvalue weighted by Gasteiger charge is 2.27. The highest BCUT2D eigenvalue weighted by molar-refractivity contribution is 5.75. The molecule has 0 aromatic heterocycles. The first-order chi connectivity index (χ1) is 11.1. The average molecular weight is 317 g/mol. The Morgan fingerprint density at radius 1 is 1.22 bits per heavy atom. The van der Waals surface area contributed by atoms with Crippen LogP contribution in [-0.4, -0.2) is 54.2 Å². The number of ether oxygens (including phenoxy) is 1. The Labute approximate surface area is 138 Å². The van der Waals surface area contributed by atoms with E-state index in [0.717, 1.165) is 51.3 Å². The molecule has 0 atom stereocenters. The van der Waals surface area contributed by atoms with Gasteiger partial charge in [-0.05, 0) is 32.8 Å². The Hall–Kier alpha value is -1.75. The van der Waals surface area contributed by atoms with Crippen molar-refractivity contribution >= 4 is 6.03 Å². The molecule has 3 rings (SSSR count). The second-order valence-corrected chi connectivity index (χ2v) is 6.76. The van der Waals surface area contributed by atoms with Crippen molar-refractivity contribution < 1.29 is 9.53 Å². The van der Waals surface area contributed by atoms with Gasteiger partial charge >= 0.3 is 6.03 Å². The fourth-order valence-electron chi connectivity index (χ4n) is 2.85. The van der Waals surface area contributed by atoms with Crippen molar-refractivity contribution in [3.8, 4) is 5.75 Å². The number of para-hydroxylation sites is 1. The van der Waals surface area contributed by atoms with E-state index in [9.17, 15) is 4.79 Å². The van der Waals surface area contributed by atoms with Gasteiger partial charge in [0.25, 0.3) is 0 Å². The number of carbonyl (C=O) groups is 1. The van der Waals surface area contributed by atoms with E-state index in [1.54, 1.807) is 0 Å². The number of carbonyl (C=O) groups excluding carboxylic acids is 1. The largest absolute Gasteiger partial charge is 0.491 e. The minimum absolute atomic E-state index is 0.107. The third-order valence-corrected chi connectivity index (χ3v) is 4.29. The number of nitrogens with one attached hydrogen (secondary N) is 1. The average Bonchev–Trinajstić information content (AvgIpc) is 3.33. The molecule has 2 fully saturated rings. The third kappa shape index (κ3) is 4.61. The third-order valence-electron chi connectivity index (χ3n) is 4.29. The summed E-state index contributed by atoms with van der Waals surface area (Å²) in [4.78, 5) is 16.4. The number of amides is 2. The van der Waals surface area contributed by atoms with Gasteiger partial charge in [0.05, 0.1) is 6.10 Å². The van der Waals surface area contributed by atoms with Crippen molar-refractivity contribution in [2.45, 2.75) is 45.4 Å². The molecule has 1 N–H and O–H groups in total. The molecule has 1 saturated carbocycles. The molecule has 1 saturated heterocycles. The summed E-state index contributed by atoms with van der Waals surface area (Å²) in [7, 11) is 0. The number of piperazine rings is 1. The first-order valence-corrected chi connectivity index (χ1v) is 8.64. The lowest BCUT2D eigenvalue weighted by Gasteiger charge is -2.35. The fraction of sp³-hybridized carbons (Fsp3) is 0.611. The molecule has 1 aliphatic heterocycles.